The second-order valence-electron chi connectivity index (χ2n) is 7.81. The number of benzene rings is 4. The normalized spacial score (nSPS) is 17.9. The smallest absolute Gasteiger partial charge is 0 e. The first kappa shape index (κ1) is 21.9. The van der Waals surface area contributed by atoms with Crippen LogP contribution in [0.15, 0.2) is 121 Å². The van der Waals surface area contributed by atoms with Gasteiger partial charge in [0.2, 0.25) is 0 Å². The van der Waals surface area contributed by atoms with E-state index in [9.17, 15) is 0 Å². The van der Waals surface area contributed by atoms with Crippen molar-refractivity contribution in [3.05, 3.63) is 127 Å². The van der Waals surface area contributed by atoms with Gasteiger partial charge >= 0.3 is 0 Å². The molecule has 0 spiro atoms. The molecule has 0 bridgehead atoms. The van der Waals surface area contributed by atoms with Crippen molar-refractivity contribution in [3.63, 3.8) is 0 Å². The molecule has 1 nitrogen and oxygen atoms in total. The Kier molecular flexibility index (Phi) is 7.08. The van der Waals surface area contributed by atoms with E-state index in [-0.39, 0.29) is 0 Å². The minimum absolute atomic E-state index is 0. The van der Waals surface area contributed by atoms with Crippen LogP contribution in [0.3, 0.4) is 0 Å². The van der Waals surface area contributed by atoms with Crippen LogP contribution in [0.1, 0.15) is 0 Å². The molecule has 0 radical (unpaired) electrons. The number of nitrogens with zero attached hydrogens (tertiary/aromatic N) is 1. The Labute approximate surface area is 188 Å². The second kappa shape index (κ2) is 10.3. The van der Waals surface area contributed by atoms with Crippen molar-refractivity contribution in [1.29, 1.82) is 0 Å². The van der Waals surface area contributed by atoms with Crippen LogP contribution in [-0.4, -0.2) is 24.4 Å². The Morgan fingerprint density at radius 2 is 0.688 bits per heavy atom. The van der Waals surface area contributed by atoms with Crippen molar-refractivity contribution in [3.8, 4) is 0 Å². The van der Waals surface area contributed by atoms with E-state index >= 15 is 0 Å². The van der Waals surface area contributed by atoms with Crippen LogP contribution < -0.4 is 21.2 Å². The maximum absolute atomic E-state index is 5.02. The first-order valence-electron chi connectivity index (χ1n) is 10.8. The van der Waals surface area contributed by atoms with Crippen molar-refractivity contribution >= 4 is 37.1 Å². The van der Waals surface area contributed by atoms with Crippen molar-refractivity contribution in [2.45, 2.75) is 11.3 Å². The van der Waals surface area contributed by atoms with Crippen LogP contribution >= 0.6 is 15.8 Å². The van der Waals surface area contributed by atoms with Crippen molar-refractivity contribution in [1.82, 2.24) is 0 Å². The first-order valence-corrected chi connectivity index (χ1v) is 13.7. The van der Waals surface area contributed by atoms with Gasteiger partial charge in [-0.25, -0.2) is 0 Å². The molecule has 1 saturated heterocycles. The van der Waals surface area contributed by atoms with Crippen molar-refractivity contribution < 1.29 is 0 Å². The van der Waals surface area contributed by atoms with Gasteiger partial charge in [0.05, 0.1) is 0 Å². The van der Waals surface area contributed by atoms with E-state index in [0.29, 0.717) is 11.3 Å². The molecule has 2 unspecified atom stereocenters. The van der Waals surface area contributed by atoms with E-state index in [0.717, 1.165) is 13.1 Å². The van der Waals surface area contributed by atoms with Gasteiger partial charge in [-0.3, -0.25) is 0 Å². The zero-order valence-electron chi connectivity index (χ0n) is 18.2. The third kappa shape index (κ3) is 4.49. The quantitative estimate of drug-likeness (QED) is 0.240. The Morgan fingerprint density at radius 3 is 0.938 bits per heavy atom. The summed E-state index contributed by atoms with van der Waals surface area (Å²) in [4.78, 5) is 0. The Hall–Kier alpha value is -3.30. The van der Waals surface area contributed by atoms with Crippen LogP contribution in [0, 0.1) is 0 Å². The van der Waals surface area contributed by atoms with Gasteiger partial charge in [0, 0.05) is 0 Å². The van der Waals surface area contributed by atoms with Crippen LogP contribution in [0.2, 0.25) is 0 Å². The fourth-order valence-corrected chi connectivity index (χ4v) is 10.8. The van der Waals surface area contributed by atoms with E-state index in [4.69, 9.17) is 5.32 Å². The summed E-state index contributed by atoms with van der Waals surface area (Å²) in [6, 6.07) is 44.6. The molecule has 0 saturated carbocycles. The average molecular weight is 705 g/mol. The summed E-state index contributed by atoms with van der Waals surface area (Å²) in [5.41, 5.74) is 1.10. The predicted octanol–water partition coefficient (Wildman–Crippen LogP) is 5.38. The molecule has 1 heterocycles. The van der Waals surface area contributed by atoms with Crippen LogP contribution in [-0.2, 0) is 0 Å². The standard InChI is InChI=1S/C28H26NP2.Rf/c1-5-13-23(14-6-1)30(24-15-7-2-8-16-24)27-21-29-22-28(27)31(25-17-9-3-10-18-25)26-19-11-4-12-20-26;/h1-20,27-28H,21-22H2;/q-1;. The molecule has 1 aliphatic rings. The molecule has 32 heavy (non-hydrogen) atoms. The zero-order chi connectivity index (χ0) is 20.9. The number of rotatable bonds is 6. The van der Waals surface area contributed by atoms with Gasteiger partial charge in [-0.2, -0.15) is 0 Å². The largest absolute Gasteiger partial charge is 0.661 e. The molecule has 0 aromatic heterocycles. The van der Waals surface area contributed by atoms with Gasteiger partial charge in [-0.1, -0.05) is 121 Å². The third-order valence-electron chi connectivity index (χ3n) is 5.88. The molecule has 2 atom stereocenters. The molecule has 0 amide bonds. The van der Waals surface area contributed by atoms with Crippen LogP contribution in [0.5, 0.6) is 0 Å². The molecule has 4 heteroatoms. The molecule has 156 valence electrons. The Morgan fingerprint density at radius 1 is 0.438 bits per heavy atom. The van der Waals surface area contributed by atoms with E-state index < -0.39 is 15.8 Å². The molecule has 1 aliphatic heterocycles. The minimum atomic E-state index is -0.482. The fraction of sp³-hybridized carbons (Fsp3) is 0.143. The van der Waals surface area contributed by atoms with Gasteiger partial charge in [0.15, 0.2) is 0 Å². The summed E-state index contributed by atoms with van der Waals surface area (Å²) in [5.74, 6) is 0. The van der Waals surface area contributed by atoms with Gasteiger partial charge in [0.1, 0.15) is 0 Å². The third-order valence-corrected chi connectivity index (χ3v) is 11.9. The van der Waals surface area contributed by atoms with Gasteiger partial charge < -0.3 is 5.32 Å². The SMILES string of the molecule is [Rf].c1ccc(P(c2ccccc2)C2C[N-]CC2P(c2ccccc2)c2ccccc2)cc1. The topological polar surface area (TPSA) is 14.1 Å². The summed E-state index contributed by atoms with van der Waals surface area (Å²) >= 11 is 0. The molecule has 5 rings (SSSR count). The summed E-state index contributed by atoms with van der Waals surface area (Å²) < 4.78 is 0. The minimum Gasteiger partial charge on any atom is -0.661 e. The predicted molar refractivity (Wildman–Crippen MR) is 139 cm³/mol. The summed E-state index contributed by atoms with van der Waals surface area (Å²) in [7, 11) is -0.964. The summed E-state index contributed by atoms with van der Waals surface area (Å²) in [6.45, 7) is 1.91. The maximum atomic E-state index is 5.02. The maximum Gasteiger partial charge on any atom is 0 e. The molecule has 0 aliphatic carbocycles. The van der Waals surface area contributed by atoms with Crippen LogP contribution in [0.25, 0.3) is 5.32 Å². The summed E-state index contributed by atoms with van der Waals surface area (Å²) in [5, 5.41) is 10.9. The second-order valence-corrected chi connectivity index (χ2v) is 12.7. The molecular weight excluding hydrogens is 679 g/mol. The van der Waals surface area contributed by atoms with Crippen molar-refractivity contribution in [2.75, 3.05) is 13.1 Å². The van der Waals surface area contributed by atoms with Crippen molar-refractivity contribution in [2.24, 2.45) is 0 Å². The number of hydrogen-bond acceptors (Lipinski definition) is 0. The Bertz CT molecular complexity index is 909. The van der Waals surface area contributed by atoms with Gasteiger partial charge in [-0.15, -0.1) is 13.1 Å². The summed E-state index contributed by atoms with van der Waals surface area (Å²) in [6.07, 6.45) is 0. The molecular formula is C28H26NP2Rf-. The van der Waals surface area contributed by atoms with Gasteiger partial charge in [-0.05, 0) is 48.4 Å². The Balaban J connectivity index is 0.00000245. The van der Waals surface area contributed by atoms with E-state index in [1.807, 2.05) is 0 Å². The van der Waals surface area contributed by atoms with E-state index in [1.54, 1.807) is 0 Å². The van der Waals surface area contributed by atoms with Crippen LogP contribution in [0.4, 0.5) is 0 Å². The molecule has 4 aromatic rings. The first-order chi connectivity index (χ1) is 15.4. The van der Waals surface area contributed by atoms with Gasteiger partial charge in [0.25, 0.3) is 0 Å². The molecule has 4 aromatic carbocycles. The molecule has 1 fully saturated rings. The number of hydrogen-bond donors (Lipinski definition) is 0. The monoisotopic (exact) mass is 705 g/mol. The zero-order valence-corrected chi connectivity index (χ0v) is 26.4. The average Bonchev–Trinajstić information content (AvgIpc) is 3.31. The van der Waals surface area contributed by atoms with E-state index in [1.165, 1.54) is 21.2 Å². The molecule has 0 N–H and O–H groups in total. The van der Waals surface area contributed by atoms with E-state index in [2.05, 4.69) is 121 Å². The fourth-order valence-electron chi connectivity index (χ4n) is 4.51.